The van der Waals surface area contributed by atoms with E-state index < -0.39 is 10.0 Å². The standard InChI is InChI=1S/C24H22N2O4S/c1-3-30-19-10-8-18(9-11-19)26-31(28,29)20-12-13-23-21(15-20)22(24(27)25-23)14-17-6-4-16(2)5-7-17/h4-15,26H,3H2,1-2H3,(H,25,27). The maximum absolute atomic E-state index is 12.9. The van der Waals surface area contributed by atoms with Crippen LogP contribution in [0, 0.1) is 6.92 Å². The number of aryl methyl sites for hydroxylation is 1. The van der Waals surface area contributed by atoms with Crippen molar-refractivity contribution in [2.45, 2.75) is 18.7 Å². The van der Waals surface area contributed by atoms with Crippen molar-refractivity contribution in [3.05, 3.63) is 83.4 Å². The van der Waals surface area contributed by atoms with Crippen molar-refractivity contribution < 1.29 is 17.9 Å². The van der Waals surface area contributed by atoms with Gasteiger partial charge in [0, 0.05) is 22.5 Å². The Balaban J connectivity index is 1.64. The number of rotatable bonds is 6. The molecule has 1 heterocycles. The van der Waals surface area contributed by atoms with Crippen LogP contribution in [0.5, 0.6) is 5.75 Å². The van der Waals surface area contributed by atoms with Gasteiger partial charge in [-0.3, -0.25) is 9.52 Å². The Morgan fingerprint density at radius 2 is 1.71 bits per heavy atom. The van der Waals surface area contributed by atoms with E-state index in [9.17, 15) is 13.2 Å². The van der Waals surface area contributed by atoms with Gasteiger partial charge in [-0.15, -0.1) is 0 Å². The third-order valence-electron chi connectivity index (χ3n) is 4.89. The van der Waals surface area contributed by atoms with E-state index in [4.69, 9.17) is 4.74 Å². The largest absolute Gasteiger partial charge is 0.494 e. The first-order valence-corrected chi connectivity index (χ1v) is 11.3. The Hall–Kier alpha value is -3.58. The van der Waals surface area contributed by atoms with Gasteiger partial charge in [-0.25, -0.2) is 8.42 Å². The van der Waals surface area contributed by atoms with Gasteiger partial charge in [0.25, 0.3) is 15.9 Å². The van der Waals surface area contributed by atoms with Crippen molar-refractivity contribution in [1.29, 1.82) is 0 Å². The van der Waals surface area contributed by atoms with Crippen molar-refractivity contribution in [3.63, 3.8) is 0 Å². The van der Waals surface area contributed by atoms with Gasteiger partial charge in [0.1, 0.15) is 5.75 Å². The van der Waals surface area contributed by atoms with E-state index in [-0.39, 0.29) is 10.8 Å². The van der Waals surface area contributed by atoms with Crippen molar-refractivity contribution in [3.8, 4) is 5.75 Å². The van der Waals surface area contributed by atoms with Gasteiger partial charge in [0.05, 0.1) is 11.5 Å². The number of carbonyl (C=O) groups excluding carboxylic acids is 1. The fourth-order valence-corrected chi connectivity index (χ4v) is 4.39. The van der Waals surface area contributed by atoms with Crippen LogP contribution in [0.25, 0.3) is 11.6 Å². The molecule has 0 atom stereocenters. The maximum atomic E-state index is 12.9. The van der Waals surface area contributed by atoms with Gasteiger partial charge in [-0.2, -0.15) is 0 Å². The lowest BCUT2D eigenvalue weighted by Crippen LogP contribution is -2.13. The Labute approximate surface area is 181 Å². The number of ether oxygens (including phenoxy) is 1. The van der Waals surface area contributed by atoms with Crippen molar-refractivity contribution >= 4 is 39.0 Å². The highest BCUT2D eigenvalue weighted by atomic mass is 32.2. The van der Waals surface area contributed by atoms with E-state index in [1.54, 1.807) is 36.4 Å². The van der Waals surface area contributed by atoms with E-state index in [1.807, 2.05) is 38.1 Å². The molecule has 3 aromatic carbocycles. The molecule has 0 unspecified atom stereocenters. The molecule has 4 rings (SSSR count). The van der Waals surface area contributed by atoms with Gasteiger partial charge in [-0.05, 0) is 68.0 Å². The molecule has 0 saturated carbocycles. The molecule has 3 aromatic rings. The highest BCUT2D eigenvalue weighted by Crippen LogP contribution is 2.35. The Bertz CT molecular complexity index is 1260. The second-order valence-electron chi connectivity index (χ2n) is 7.19. The molecule has 0 aliphatic carbocycles. The molecule has 1 amide bonds. The molecule has 0 spiro atoms. The average Bonchev–Trinajstić information content (AvgIpc) is 3.05. The topological polar surface area (TPSA) is 84.5 Å². The molecule has 2 N–H and O–H groups in total. The number of hydrogen-bond donors (Lipinski definition) is 2. The van der Waals surface area contributed by atoms with E-state index >= 15 is 0 Å². The number of amides is 1. The Kier molecular flexibility index (Phi) is 5.52. The number of hydrogen-bond acceptors (Lipinski definition) is 4. The van der Waals surface area contributed by atoms with E-state index in [1.165, 1.54) is 12.1 Å². The lowest BCUT2D eigenvalue weighted by Gasteiger charge is -2.10. The second kappa shape index (κ2) is 8.28. The fraction of sp³-hybridized carbons (Fsp3) is 0.125. The predicted octanol–water partition coefficient (Wildman–Crippen LogP) is 4.69. The normalized spacial score (nSPS) is 14.3. The van der Waals surface area contributed by atoms with Crippen LogP contribution in [-0.4, -0.2) is 20.9 Å². The maximum Gasteiger partial charge on any atom is 0.261 e. The summed E-state index contributed by atoms with van der Waals surface area (Å²) in [7, 11) is -3.84. The van der Waals surface area contributed by atoms with E-state index in [2.05, 4.69) is 10.0 Å². The SMILES string of the molecule is CCOc1ccc(NS(=O)(=O)c2ccc3c(c2)C(=Cc2ccc(C)cc2)C(=O)N3)cc1. The highest BCUT2D eigenvalue weighted by molar-refractivity contribution is 7.92. The molecule has 0 fully saturated rings. The van der Waals surface area contributed by atoms with Crippen LogP contribution in [0.1, 0.15) is 23.6 Å². The van der Waals surface area contributed by atoms with Gasteiger partial charge in [0.2, 0.25) is 0 Å². The molecule has 0 bridgehead atoms. The number of anilines is 2. The molecule has 7 heteroatoms. The summed E-state index contributed by atoms with van der Waals surface area (Å²) in [5.41, 5.74) is 3.98. The van der Waals surface area contributed by atoms with Gasteiger partial charge < -0.3 is 10.1 Å². The van der Waals surface area contributed by atoms with Crippen LogP contribution in [0.3, 0.4) is 0 Å². The molecular weight excluding hydrogens is 412 g/mol. The van der Waals surface area contributed by atoms with Crippen molar-refractivity contribution in [1.82, 2.24) is 0 Å². The van der Waals surface area contributed by atoms with Crippen LogP contribution in [-0.2, 0) is 14.8 Å². The van der Waals surface area contributed by atoms with Gasteiger partial charge >= 0.3 is 0 Å². The molecule has 0 aromatic heterocycles. The average molecular weight is 435 g/mol. The van der Waals surface area contributed by atoms with Crippen LogP contribution >= 0.6 is 0 Å². The monoisotopic (exact) mass is 434 g/mol. The first-order valence-electron chi connectivity index (χ1n) is 9.85. The lowest BCUT2D eigenvalue weighted by atomic mass is 10.0. The van der Waals surface area contributed by atoms with Crippen LogP contribution in [0.2, 0.25) is 0 Å². The van der Waals surface area contributed by atoms with Crippen molar-refractivity contribution in [2.24, 2.45) is 0 Å². The van der Waals surface area contributed by atoms with Gasteiger partial charge in [-0.1, -0.05) is 29.8 Å². The summed E-state index contributed by atoms with van der Waals surface area (Å²) in [5.74, 6) is 0.406. The molecule has 6 nitrogen and oxygen atoms in total. The van der Waals surface area contributed by atoms with Crippen LogP contribution in [0.4, 0.5) is 11.4 Å². The first-order chi connectivity index (χ1) is 14.9. The summed E-state index contributed by atoms with van der Waals surface area (Å²) >= 11 is 0. The molecule has 31 heavy (non-hydrogen) atoms. The Morgan fingerprint density at radius 3 is 2.39 bits per heavy atom. The second-order valence-corrected chi connectivity index (χ2v) is 8.88. The van der Waals surface area contributed by atoms with Crippen LogP contribution < -0.4 is 14.8 Å². The minimum absolute atomic E-state index is 0.0754. The van der Waals surface area contributed by atoms with E-state index in [0.717, 1.165) is 11.1 Å². The molecule has 0 saturated heterocycles. The lowest BCUT2D eigenvalue weighted by molar-refractivity contribution is -0.110. The zero-order valence-corrected chi connectivity index (χ0v) is 18.0. The summed E-state index contributed by atoms with van der Waals surface area (Å²) in [6.45, 7) is 4.40. The van der Waals surface area contributed by atoms with Crippen molar-refractivity contribution in [2.75, 3.05) is 16.6 Å². The minimum atomic E-state index is -3.84. The number of benzene rings is 3. The Morgan fingerprint density at radius 1 is 1.00 bits per heavy atom. The third-order valence-corrected chi connectivity index (χ3v) is 6.27. The smallest absolute Gasteiger partial charge is 0.261 e. The summed E-state index contributed by atoms with van der Waals surface area (Å²) in [4.78, 5) is 12.6. The fourth-order valence-electron chi connectivity index (χ4n) is 3.31. The highest BCUT2D eigenvalue weighted by Gasteiger charge is 2.26. The zero-order chi connectivity index (χ0) is 22.0. The third kappa shape index (κ3) is 4.46. The minimum Gasteiger partial charge on any atom is -0.494 e. The first kappa shape index (κ1) is 20.7. The molecule has 0 radical (unpaired) electrons. The summed E-state index contributed by atoms with van der Waals surface area (Å²) in [5, 5.41) is 2.79. The molecule has 1 aliphatic heterocycles. The van der Waals surface area contributed by atoms with Gasteiger partial charge in [0.15, 0.2) is 0 Å². The summed E-state index contributed by atoms with van der Waals surface area (Å²) in [6, 6.07) is 19.1. The predicted molar refractivity (Wildman–Crippen MR) is 123 cm³/mol. The molecule has 1 aliphatic rings. The molecule has 158 valence electrons. The number of sulfonamides is 1. The zero-order valence-electron chi connectivity index (χ0n) is 17.2. The van der Waals surface area contributed by atoms with E-state index in [0.29, 0.717) is 34.9 Å². The summed E-state index contributed by atoms with van der Waals surface area (Å²) < 4.78 is 33.8. The van der Waals surface area contributed by atoms with Crippen LogP contribution in [0.15, 0.2) is 71.6 Å². The number of fused-ring (bicyclic) bond motifs is 1. The summed E-state index contributed by atoms with van der Waals surface area (Å²) in [6.07, 6.45) is 1.76. The number of carbonyl (C=O) groups is 1. The number of nitrogens with one attached hydrogen (secondary N) is 2. The quantitative estimate of drug-likeness (QED) is 0.552. The molecular formula is C24H22N2O4S.